The molecule has 1 saturated heterocycles. The van der Waals surface area contributed by atoms with Crippen LogP contribution in [0.25, 0.3) is 0 Å². The van der Waals surface area contributed by atoms with Gasteiger partial charge >= 0.3 is 0 Å². The van der Waals surface area contributed by atoms with Gasteiger partial charge in [-0.1, -0.05) is 17.7 Å². The van der Waals surface area contributed by atoms with Gasteiger partial charge in [-0.25, -0.2) is 0 Å². The number of hydrogen-bond acceptors (Lipinski definition) is 4. The molecule has 1 heterocycles. The monoisotopic (exact) mass is 340 g/mol. The predicted molar refractivity (Wildman–Crippen MR) is 99.4 cm³/mol. The number of morpholine rings is 1. The normalized spacial score (nSPS) is 15.5. The molecule has 25 heavy (non-hydrogen) atoms. The van der Waals surface area contributed by atoms with Gasteiger partial charge in [0.1, 0.15) is 5.75 Å². The van der Waals surface area contributed by atoms with Crippen LogP contribution in [0.15, 0.2) is 48.5 Å². The first-order valence-corrected chi connectivity index (χ1v) is 8.59. The van der Waals surface area contributed by atoms with Crippen LogP contribution in [0.1, 0.15) is 12.5 Å². The van der Waals surface area contributed by atoms with Crippen molar-refractivity contribution in [2.75, 3.05) is 36.5 Å². The Bertz CT molecular complexity index is 692. The average Bonchev–Trinajstić information content (AvgIpc) is 2.65. The second-order valence-corrected chi connectivity index (χ2v) is 6.21. The van der Waals surface area contributed by atoms with E-state index in [2.05, 4.69) is 10.2 Å². The van der Waals surface area contributed by atoms with Crippen LogP contribution >= 0.6 is 0 Å². The lowest BCUT2D eigenvalue weighted by molar-refractivity contribution is -0.122. The second-order valence-electron chi connectivity index (χ2n) is 6.21. The minimum Gasteiger partial charge on any atom is -0.481 e. The molecule has 2 aromatic rings. The van der Waals surface area contributed by atoms with Crippen molar-refractivity contribution >= 4 is 17.3 Å². The third-order valence-corrected chi connectivity index (χ3v) is 4.21. The van der Waals surface area contributed by atoms with Crippen molar-refractivity contribution in [3.05, 3.63) is 54.1 Å². The Hall–Kier alpha value is -2.53. The summed E-state index contributed by atoms with van der Waals surface area (Å²) < 4.78 is 11.1. The molecule has 0 spiro atoms. The van der Waals surface area contributed by atoms with Crippen molar-refractivity contribution in [1.29, 1.82) is 0 Å². The fraction of sp³-hybridized carbons (Fsp3) is 0.350. The van der Waals surface area contributed by atoms with Gasteiger partial charge in [-0.3, -0.25) is 4.79 Å². The molecule has 5 nitrogen and oxygen atoms in total. The minimum atomic E-state index is -0.568. The molecule has 0 bridgehead atoms. The van der Waals surface area contributed by atoms with Crippen molar-refractivity contribution in [2.24, 2.45) is 0 Å². The summed E-state index contributed by atoms with van der Waals surface area (Å²) in [4.78, 5) is 14.6. The Morgan fingerprint density at radius 2 is 1.72 bits per heavy atom. The number of carbonyl (C=O) groups excluding carboxylic acids is 1. The Labute approximate surface area is 148 Å². The van der Waals surface area contributed by atoms with E-state index in [1.807, 2.05) is 55.5 Å². The summed E-state index contributed by atoms with van der Waals surface area (Å²) in [7, 11) is 0. The molecule has 0 unspecified atom stereocenters. The van der Waals surface area contributed by atoms with E-state index >= 15 is 0 Å². The van der Waals surface area contributed by atoms with Crippen LogP contribution in [0.5, 0.6) is 5.75 Å². The van der Waals surface area contributed by atoms with Crippen LogP contribution in [-0.2, 0) is 9.53 Å². The maximum absolute atomic E-state index is 12.3. The smallest absolute Gasteiger partial charge is 0.265 e. The Morgan fingerprint density at radius 1 is 1.08 bits per heavy atom. The topological polar surface area (TPSA) is 50.8 Å². The van der Waals surface area contributed by atoms with Crippen LogP contribution < -0.4 is 15.0 Å². The molecule has 0 radical (unpaired) electrons. The Kier molecular flexibility index (Phi) is 5.56. The molecule has 1 fully saturated rings. The molecule has 1 N–H and O–H groups in total. The van der Waals surface area contributed by atoms with Gasteiger partial charge in [0.15, 0.2) is 6.10 Å². The number of anilines is 2. The molecule has 2 aromatic carbocycles. The zero-order valence-corrected chi connectivity index (χ0v) is 14.7. The van der Waals surface area contributed by atoms with Gasteiger partial charge in [-0.2, -0.15) is 0 Å². The zero-order chi connectivity index (χ0) is 17.6. The molecule has 1 aliphatic rings. The number of hydrogen-bond donors (Lipinski definition) is 1. The van der Waals surface area contributed by atoms with Crippen molar-refractivity contribution in [2.45, 2.75) is 20.0 Å². The molecule has 132 valence electrons. The third kappa shape index (κ3) is 4.73. The average molecular weight is 340 g/mol. The number of aryl methyl sites for hydroxylation is 1. The van der Waals surface area contributed by atoms with E-state index in [9.17, 15) is 4.79 Å². The maximum atomic E-state index is 12.3. The van der Waals surface area contributed by atoms with Crippen molar-refractivity contribution in [3.8, 4) is 5.75 Å². The number of carbonyl (C=O) groups is 1. The largest absolute Gasteiger partial charge is 0.481 e. The highest BCUT2D eigenvalue weighted by molar-refractivity contribution is 5.94. The number of benzene rings is 2. The molecule has 1 aliphatic heterocycles. The molecule has 5 heteroatoms. The fourth-order valence-corrected chi connectivity index (χ4v) is 2.70. The van der Waals surface area contributed by atoms with E-state index < -0.39 is 6.10 Å². The quantitative estimate of drug-likeness (QED) is 0.908. The van der Waals surface area contributed by atoms with Gasteiger partial charge in [0.2, 0.25) is 0 Å². The van der Waals surface area contributed by atoms with Gasteiger partial charge in [0.05, 0.1) is 13.2 Å². The lowest BCUT2D eigenvalue weighted by Gasteiger charge is -2.29. The summed E-state index contributed by atoms with van der Waals surface area (Å²) in [5, 5.41) is 2.90. The molecule has 1 atom stereocenters. The molecular formula is C20H24N2O3. The van der Waals surface area contributed by atoms with Gasteiger partial charge in [0.25, 0.3) is 5.91 Å². The molecule has 0 saturated carbocycles. The second kappa shape index (κ2) is 8.03. The highest BCUT2D eigenvalue weighted by atomic mass is 16.5. The lowest BCUT2D eigenvalue weighted by Crippen LogP contribution is -2.36. The first-order chi connectivity index (χ1) is 12.1. The van der Waals surface area contributed by atoms with Crippen LogP contribution in [0.3, 0.4) is 0 Å². The Balaban J connectivity index is 1.55. The first-order valence-electron chi connectivity index (χ1n) is 8.59. The zero-order valence-electron chi connectivity index (χ0n) is 14.7. The van der Waals surface area contributed by atoms with E-state index in [0.717, 1.165) is 43.2 Å². The highest BCUT2D eigenvalue weighted by Gasteiger charge is 2.15. The van der Waals surface area contributed by atoms with E-state index in [4.69, 9.17) is 9.47 Å². The van der Waals surface area contributed by atoms with Crippen LogP contribution in [0.4, 0.5) is 11.4 Å². The standard InChI is InChI=1S/C20H24N2O3/c1-15-3-9-19(10-4-15)25-16(2)20(23)21-17-5-7-18(8-6-17)22-11-13-24-14-12-22/h3-10,16H,11-14H2,1-2H3,(H,21,23)/t16-/m0/s1. The number of ether oxygens (including phenoxy) is 2. The van der Waals surface area contributed by atoms with Crippen LogP contribution in [-0.4, -0.2) is 38.3 Å². The molecular weight excluding hydrogens is 316 g/mol. The van der Waals surface area contributed by atoms with Gasteiger partial charge < -0.3 is 19.7 Å². The van der Waals surface area contributed by atoms with E-state index in [0.29, 0.717) is 5.75 Å². The summed E-state index contributed by atoms with van der Waals surface area (Å²) >= 11 is 0. The molecule has 0 aromatic heterocycles. The predicted octanol–water partition coefficient (Wildman–Crippen LogP) is 3.24. The summed E-state index contributed by atoms with van der Waals surface area (Å²) in [6.07, 6.45) is -0.568. The van der Waals surface area contributed by atoms with Gasteiger partial charge in [0, 0.05) is 24.5 Å². The molecule has 0 aliphatic carbocycles. The van der Waals surface area contributed by atoms with Crippen LogP contribution in [0.2, 0.25) is 0 Å². The van der Waals surface area contributed by atoms with Crippen LogP contribution in [0, 0.1) is 6.92 Å². The van der Waals surface area contributed by atoms with E-state index in [1.165, 1.54) is 0 Å². The lowest BCUT2D eigenvalue weighted by atomic mass is 10.2. The maximum Gasteiger partial charge on any atom is 0.265 e. The van der Waals surface area contributed by atoms with Gasteiger partial charge in [-0.15, -0.1) is 0 Å². The van der Waals surface area contributed by atoms with Gasteiger partial charge in [-0.05, 0) is 50.2 Å². The van der Waals surface area contributed by atoms with E-state index in [1.54, 1.807) is 6.92 Å². The summed E-state index contributed by atoms with van der Waals surface area (Å²) in [6.45, 7) is 7.07. The Morgan fingerprint density at radius 3 is 2.36 bits per heavy atom. The number of rotatable bonds is 5. The van der Waals surface area contributed by atoms with Crippen molar-refractivity contribution < 1.29 is 14.3 Å². The molecule has 3 rings (SSSR count). The van der Waals surface area contributed by atoms with Crippen molar-refractivity contribution in [3.63, 3.8) is 0 Å². The summed E-state index contributed by atoms with van der Waals surface area (Å²) in [5.74, 6) is 0.524. The summed E-state index contributed by atoms with van der Waals surface area (Å²) in [6, 6.07) is 15.5. The minimum absolute atomic E-state index is 0.167. The highest BCUT2D eigenvalue weighted by Crippen LogP contribution is 2.20. The van der Waals surface area contributed by atoms with E-state index in [-0.39, 0.29) is 5.91 Å². The summed E-state index contributed by atoms with van der Waals surface area (Å²) in [5.41, 5.74) is 3.07. The number of amides is 1. The number of nitrogens with one attached hydrogen (secondary N) is 1. The first kappa shape index (κ1) is 17.3. The molecule has 1 amide bonds. The third-order valence-electron chi connectivity index (χ3n) is 4.21. The fourth-order valence-electron chi connectivity index (χ4n) is 2.70. The number of nitrogens with zero attached hydrogens (tertiary/aromatic N) is 1. The van der Waals surface area contributed by atoms with Crippen molar-refractivity contribution in [1.82, 2.24) is 0 Å². The SMILES string of the molecule is Cc1ccc(O[C@@H](C)C(=O)Nc2ccc(N3CCOCC3)cc2)cc1.